The molecule has 0 bridgehead atoms. The summed E-state index contributed by atoms with van der Waals surface area (Å²) in [5.74, 6) is 0.579. The van der Waals surface area contributed by atoms with E-state index < -0.39 is 0 Å². The van der Waals surface area contributed by atoms with Crippen LogP contribution in [-0.2, 0) is 4.79 Å². The van der Waals surface area contributed by atoms with Gasteiger partial charge < -0.3 is 5.32 Å². The van der Waals surface area contributed by atoms with Crippen LogP contribution in [0.15, 0.2) is 0 Å². The Morgan fingerprint density at radius 3 is 2.09 bits per heavy atom. The van der Waals surface area contributed by atoms with Crippen LogP contribution in [0.5, 0.6) is 0 Å². The van der Waals surface area contributed by atoms with E-state index in [-0.39, 0.29) is 0 Å². The molecule has 0 spiro atoms. The summed E-state index contributed by atoms with van der Waals surface area (Å²) in [5, 5.41) is 2.72. The summed E-state index contributed by atoms with van der Waals surface area (Å²) in [6.45, 7) is 10.3. The van der Waals surface area contributed by atoms with Crippen LogP contribution in [0.1, 0.15) is 41.0 Å². The van der Waals surface area contributed by atoms with Gasteiger partial charge in [-0.1, -0.05) is 34.1 Å². The van der Waals surface area contributed by atoms with Crippen LogP contribution in [0.2, 0.25) is 0 Å². The molecule has 0 radical (unpaired) electrons. The summed E-state index contributed by atoms with van der Waals surface area (Å²) >= 11 is 0. The number of amides is 1. The van der Waals surface area contributed by atoms with Gasteiger partial charge in [0.15, 0.2) is 0 Å². The summed E-state index contributed by atoms with van der Waals surface area (Å²) in [6, 6.07) is 0.312. The van der Waals surface area contributed by atoms with E-state index in [1.807, 2.05) is 20.8 Å². The van der Waals surface area contributed by atoms with Crippen molar-refractivity contribution in [1.82, 2.24) is 5.32 Å². The summed E-state index contributed by atoms with van der Waals surface area (Å²) in [6.07, 6.45) is 1.87. The van der Waals surface area contributed by atoms with Crippen molar-refractivity contribution in [3.63, 3.8) is 0 Å². The van der Waals surface area contributed by atoms with Gasteiger partial charge in [0.05, 0.1) is 0 Å². The van der Waals surface area contributed by atoms with Crippen molar-refractivity contribution >= 4 is 6.41 Å². The molecule has 2 atom stereocenters. The van der Waals surface area contributed by atoms with E-state index >= 15 is 0 Å². The highest BCUT2D eigenvalue weighted by molar-refractivity contribution is 5.46. The molecule has 0 aliphatic carbocycles. The van der Waals surface area contributed by atoms with Crippen LogP contribution in [0.4, 0.5) is 0 Å². The SMILES string of the molecule is CC.CCC(C)C(C)NC=O. The van der Waals surface area contributed by atoms with Crippen LogP contribution >= 0.6 is 0 Å². The normalized spacial score (nSPS) is 13.9. The van der Waals surface area contributed by atoms with E-state index in [2.05, 4.69) is 19.2 Å². The van der Waals surface area contributed by atoms with Gasteiger partial charge in [-0.2, -0.15) is 0 Å². The highest BCUT2D eigenvalue weighted by atomic mass is 16.1. The first kappa shape index (κ1) is 13.1. The maximum atomic E-state index is 9.92. The van der Waals surface area contributed by atoms with E-state index in [1.165, 1.54) is 0 Å². The third-order valence-corrected chi connectivity index (χ3v) is 1.83. The van der Waals surface area contributed by atoms with Crippen molar-refractivity contribution in [2.75, 3.05) is 0 Å². The number of carbonyl (C=O) groups is 1. The summed E-state index contributed by atoms with van der Waals surface area (Å²) in [5.41, 5.74) is 0. The fraction of sp³-hybridized carbons (Fsp3) is 0.889. The summed E-state index contributed by atoms with van der Waals surface area (Å²) < 4.78 is 0. The first-order chi connectivity index (χ1) is 5.22. The lowest BCUT2D eigenvalue weighted by atomic mass is 10.0. The Balaban J connectivity index is 0. The second-order valence-electron chi connectivity index (χ2n) is 2.46. The third kappa shape index (κ3) is 7.37. The Kier molecular flexibility index (Phi) is 11.3. The number of hydrogen-bond acceptors (Lipinski definition) is 1. The number of rotatable bonds is 4. The lowest BCUT2D eigenvalue weighted by molar-refractivity contribution is -0.110. The predicted octanol–water partition coefficient (Wildman–Crippen LogP) is 2.19. The van der Waals surface area contributed by atoms with Crippen molar-refractivity contribution < 1.29 is 4.79 Å². The molecule has 2 heteroatoms. The molecule has 2 unspecified atom stereocenters. The first-order valence-corrected chi connectivity index (χ1v) is 4.42. The molecule has 0 fully saturated rings. The summed E-state index contributed by atoms with van der Waals surface area (Å²) in [4.78, 5) is 9.92. The van der Waals surface area contributed by atoms with E-state index in [1.54, 1.807) is 0 Å². The molecular weight excluding hydrogens is 138 g/mol. The fourth-order valence-electron chi connectivity index (χ4n) is 0.625. The lowest BCUT2D eigenvalue weighted by Gasteiger charge is -2.16. The van der Waals surface area contributed by atoms with Crippen LogP contribution in [-0.4, -0.2) is 12.5 Å². The van der Waals surface area contributed by atoms with Crippen LogP contribution in [0, 0.1) is 5.92 Å². The van der Waals surface area contributed by atoms with Crippen LogP contribution < -0.4 is 5.32 Å². The molecule has 0 aliphatic rings. The Hall–Kier alpha value is -0.530. The average molecular weight is 159 g/mol. The number of nitrogens with one attached hydrogen (secondary N) is 1. The standard InChI is InChI=1S/C7H15NO.C2H6/c1-4-6(2)7(3)8-5-9;1-2/h5-7H,4H2,1-3H3,(H,8,9);1-2H3. The maximum absolute atomic E-state index is 9.92. The predicted molar refractivity (Wildman–Crippen MR) is 49.5 cm³/mol. The largest absolute Gasteiger partial charge is 0.356 e. The van der Waals surface area contributed by atoms with Gasteiger partial charge in [0.25, 0.3) is 0 Å². The molecule has 1 N–H and O–H groups in total. The molecule has 68 valence electrons. The van der Waals surface area contributed by atoms with Gasteiger partial charge in [-0.05, 0) is 12.8 Å². The zero-order valence-corrected chi connectivity index (χ0v) is 8.35. The third-order valence-electron chi connectivity index (χ3n) is 1.83. The lowest BCUT2D eigenvalue weighted by Crippen LogP contribution is -2.30. The van der Waals surface area contributed by atoms with Crippen LogP contribution in [0.3, 0.4) is 0 Å². The quantitative estimate of drug-likeness (QED) is 0.626. The Morgan fingerprint density at radius 1 is 1.36 bits per heavy atom. The van der Waals surface area contributed by atoms with E-state index in [4.69, 9.17) is 0 Å². The molecule has 0 rings (SSSR count). The molecule has 0 aromatic heterocycles. The highest BCUT2D eigenvalue weighted by Crippen LogP contribution is 2.04. The molecule has 2 nitrogen and oxygen atoms in total. The van der Waals surface area contributed by atoms with Crippen LogP contribution in [0.25, 0.3) is 0 Å². The van der Waals surface area contributed by atoms with E-state index in [0.717, 1.165) is 12.8 Å². The molecule has 0 heterocycles. The van der Waals surface area contributed by atoms with Gasteiger partial charge >= 0.3 is 0 Å². The molecular formula is C9H21NO. The second kappa shape index (κ2) is 9.47. The van der Waals surface area contributed by atoms with E-state index in [0.29, 0.717) is 12.0 Å². The molecule has 0 saturated carbocycles. The van der Waals surface area contributed by atoms with Crippen molar-refractivity contribution in [1.29, 1.82) is 0 Å². The van der Waals surface area contributed by atoms with Crippen molar-refractivity contribution in [3.05, 3.63) is 0 Å². The van der Waals surface area contributed by atoms with Crippen molar-refractivity contribution in [2.45, 2.75) is 47.1 Å². The van der Waals surface area contributed by atoms with Gasteiger partial charge in [-0.15, -0.1) is 0 Å². The number of hydrogen-bond donors (Lipinski definition) is 1. The van der Waals surface area contributed by atoms with Crippen molar-refractivity contribution in [3.8, 4) is 0 Å². The minimum atomic E-state index is 0.312. The minimum Gasteiger partial charge on any atom is -0.356 e. The number of carbonyl (C=O) groups excluding carboxylic acids is 1. The Bertz CT molecular complexity index is 83.6. The van der Waals surface area contributed by atoms with Gasteiger partial charge in [-0.25, -0.2) is 0 Å². The summed E-state index contributed by atoms with van der Waals surface area (Å²) in [7, 11) is 0. The molecule has 0 aliphatic heterocycles. The zero-order valence-electron chi connectivity index (χ0n) is 8.35. The first-order valence-electron chi connectivity index (χ1n) is 4.42. The Morgan fingerprint density at radius 2 is 1.82 bits per heavy atom. The average Bonchev–Trinajstić information content (AvgIpc) is 2.07. The molecule has 0 saturated heterocycles. The molecule has 1 amide bonds. The highest BCUT2D eigenvalue weighted by Gasteiger charge is 2.06. The van der Waals surface area contributed by atoms with Gasteiger partial charge in [-0.3, -0.25) is 4.79 Å². The topological polar surface area (TPSA) is 29.1 Å². The maximum Gasteiger partial charge on any atom is 0.207 e. The minimum absolute atomic E-state index is 0.312. The zero-order chi connectivity index (χ0) is 9.28. The van der Waals surface area contributed by atoms with Gasteiger partial charge in [0.2, 0.25) is 6.41 Å². The fourth-order valence-corrected chi connectivity index (χ4v) is 0.625. The van der Waals surface area contributed by atoms with E-state index in [9.17, 15) is 4.79 Å². The smallest absolute Gasteiger partial charge is 0.207 e. The van der Waals surface area contributed by atoms with Crippen molar-refractivity contribution in [2.24, 2.45) is 5.92 Å². The molecule has 0 aromatic rings. The van der Waals surface area contributed by atoms with Gasteiger partial charge in [0.1, 0.15) is 0 Å². The molecule has 11 heavy (non-hydrogen) atoms. The second-order valence-corrected chi connectivity index (χ2v) is 2.46. The Labute approximate surface area is 70.4 Å². The van der Waals surface area contributed by atoms with Gasteiger partial charge in [0, 0.05) is 6.04 Å². The molecule has 0 aromatic carbocycles. The monoisotopic (exact) mass is 159 g/mol.